The highest BCUT2D eigenvalue weighted by Gasteiger charge is 2.29. The smallest absolute Gasteiger partial charge is 0.306 e. The van der Waals surface area contributed by atoms with Crippen LogP contribution in [-0.2, 0) is 29.1 Å². The number of aliphatic hydroxyl groups excluding tert-OH is 1. The number of methoxy groups -OCH3 is 1. The van der Waals surface area contributed by atoms with Gasteiger partial charge in [0.1, 0.15) is 11.1 Å². The van der Waals surface area contributed by atoms with Crippen LogP contribution in [0.15, 0.2) is 66.7 Å². The zero-order valence-electron chi connectivity index (χ0n) is 27.7. The summed E-state index contributed by atoms with van der Waals surface area (Å²) >= 11 is 13.8. The third-order valence-electron chi connectivity index (χ3n) is 9.11. The van der Waals surface area contributed by atoms with Gasteiger partial charge in [0.2, 0.25) is 17.7 Å². The molecule has 5 N–H and O–H groups in total. The highest BCUT2D eigenvalue weighted by molar-refractivity contribution is 6.36. The van der Waals surface area contributed by atoms with Crippen LogP contribution in [0, 0.1) is 0 Å². The van der Waals surface area contributed by atoms with Gasteiger partial charge in [-0.25, -0.2) is 0 Å². The third kappa shape index (κ3) is 8.39. The molecule has 3 aromatic carbocycles. The predicted octanol–water partition coefficient (Wildman–Crippen LogP) is 6.09. The Morgan fingerprint density at radius 1 is 0.980 bits per heavy atom. The zero-order chi connectivity index (χ0) is 35.2. The molecule has 4 aromatic rings. The van der Waals surface area contributed by atoms with E-state index in [0.29, 0.717) is 27.9 Å². The van der Waals surface area contributed by atoms with E-state index < -0.39 is 12.1 Å². The summed E-state index contributed by atoms with van der Waals surface area (Å²) in [5.74, 6) is -0.365. The predicted molar refractivity (Wildman–Crippen MR) is 193 cm³/mol. The summed E-state index contributed by atoms with van der Waals surface area (Å²) < 4.78 is 11.9. The quantitative estimate of drug-likeness (QED) is 0.0987. The minimum Gasteiger partial charge on any atom is -0.481 e. The van der Waals surface area contributed by atoms with Gasteiger partial charge in [-0.3, -0.25) is 9.59 Å². The summed E-state index contributed by atoms with van der Waals surface area (Å²) in [5, 5.41) is 29.2. The van der Waals surface area contributed by atoms with Crippen molar-refractivity contribution < 1.29 is 29.3 Å². The van der Waals surface area contributed by atoms with Gasteiger partial charge in [0.15, 0.2) is 0 Å². The van der Waals surface area contributed by atoms with Gasteiger partial charge in [-0.1, -0.05) is 83.9 Å². The maximum absolute atomic E-state index is 11.5. The van der Waals surface area contributed by atoms with Crippen LogP contribution in [0.3, 0.4) is 0 Å². The van der Waals surface area contributed by atoms with Crippen LogP contribution >= 0.6 is 23.2 Å². The molecule has 6 rings (SSSR count). The van der Waals surface area contributed by atoms with Crippen LogP contribution in [0.1, 0.15) is 54.0 Å². The number of aliphatic carboxylic acids is 1. The first-order chi connectivity index (χ1) is 24.2. The first-order valence-corrected chi connectivity index (χ1v) is 17.5. The van der Waals surface area contributed by atoms with E-state index in [0.717, 1.165) is 65.7 Å². The average Bonchev–Trinajstić information content (AvgIpc) is 3.71. The molecule has 3 atom stereocenters. The largest absolute Gasteiger partial charge is 0.481 e. The van der Waals surface area contributed by atoms with Crippen molar-refractivity contribution in [3.63, 3.8) is 0 Å². The Balaban J connectivity index is 1.14. The number of halogens is 2. The van der Waals surface area contributed by atoms with E-state index in [1.807, 2.05) is 24.3 Å². The average molecular weight is 720 g/mol. The summed E-state index contributed by atoms with van der Waals surface area (Å²) in [6.45, 7) is 1.83. The molecular weight excluding hydrogens is 679 g/mol. The van der Waals surface area contributed by atoms with Crippen LogP contribution < -0.4 is 25.4 Å². The Morgan fingerprint density at radius 3 is 2.48 bits per heavy atom. The lowest BCUT2D eigenvalue weighted by Crippen LogP contribution is -2.35. The molecule has 0 bridgehead atoms. The van der Waals surface area contributed by atoms with Gasteiger partial charge in [0.05, 0.1) is 24.7 Å². The second-order valence-corrected chi connectivity index (χ2v) is 13.4. The normalized spacial score (nSPS) is 17.3. The van der Waals surface area contributed by atoms with Gasteiger partial charge in [0, 0.05) is 55.3 Å². The van der Waals surface area contributed by atoms with Gasteiger partial charge in [-0.15, -0.1) is 0 Å². The number of amides is 1. The van der Waals surface area contributed by atoms with Crippen molar-refractivity contribution >= 4 is 35.1 Å². The Kier molecular flexibility index (Phi) is 11.6. The molecule has 50 heavy (non-hydrogen) atoms. The molecule has 0 saturated carbocycles. The van der Waals surface area contributed by atoms with E-state index in [1.54, 1.807) is 6.07 Å². The molecule has 2 heterocycles. The molecule has 0 radical (unpaired) electrons. The topological polar surface area (TPSA) is 142 Å². The van der Waals surface area contributed by atoms with Crippen LogP contribution in [0.25, 0.3) is 22.3 Å². The van der Waals surface area contributed by atoms with Crippen molar-refractivity contribution in [1.29, 1.82) is 0 Å². The number of aromatic nitrogens is 1. The lowest BCUT2D eigenvalue weighted by atomic mass is 9.93. The van der Waals surface area contributed by atoms with E-state index in [-0.39, 0.29) is 43.4 Å². The number of nitrogens with zero attached hydrogens (tertiary/aromatic N) is 1. The lowest BCUT2D eigenvalue weighted by molar-refractivity contribution is -0.139. The molecule has 1 aliphatic heterocycles. The molecule has 0 spiro atoms. The summed E-state index contributed by atoms with van der Waals surface area (Å²) in [5.41, 5.74) is 8.02. The number of fused-ring (bicyclic) bond motifs is 1. The van der Waals surface area contributed by atoms with Gasteiger partial charge >= 0.3 is 5.97 Å². The SMILES string of the molecule is COc1nc(O[C@H]2CCc3c(-c4cccc(-c5ccc(CNC[C@@H]6CCC(=O)N6)cc5)c4Cl)cccc32)c(Cl)cc1CNC[C@@H](O)CC(=O)O. The fraction of sp³-hybridized carbons (Fsp3) is 0.342. The van der Waals surface area contributed by atoms with E-state index in [1.165, 1.54) is 12.7 Å². The summed E-state index contributed by atoms with van der Waals surface area (Å²) in [6, 6.07) is 22.6. The lowest BCUT2D eigenvalue weighted by Gasteiger charge is -2.18. The molecule has 10 nitrogen and oxygen atoms in total. The first kappa shape index (κ1) is 35.6. The van der Waals surface area contributed by atoms with Crippen LogP contribution in [0.4, 0.5) is 0 Å². The second kappa shape index (κ2) is 16.2. The fourth-order valence-corrected chi connectivity index (χ4v) is 7.19. The molecular formula is C38H40Cl2N4O6. The fourth-order valence-electron chi connectivity index (χ4n) is 6.64. The molecule has 1 saturated heterocycles. The number of carboxylic acids is 1. The molecule has 1 aliphatic carbocycles. The van der Waals surface area contributed by atoms with Crippen molar-refractivity contribution in [2.75, 3.05) is 20.2 Å². The maximum Gasteiger partial charge on any atom is 0.306 e. The van der Waals surface area contributed by atoms with Crippen LogP contribution in [0.2, 0.25) is 10.0 Å². The number of hydrogen-bond acceptors (Lipinski definition) is 8. The standard InChI is InChI=1S/C38H40Cl2N4O6/c1-49-37-24(19-42-21-26(45)17-35(47)48)16-32(39)38(44-37)50-33-14-13-29-28(5-3-6-30(29)33)31-7-2-4-27(36(31)40)23-10-8-22(9-11-23)18-41-20-25-12-15-34(46)43-25/h2-11,16,25-26,33,41-42,45H,12-15,17-21H2,1H3,(H,43,46)(H,47,48)/t25-,26-,33-/m0/s1. The van der Waals surface area contributed by atoms with Crippen LogP contribution in [-0.4, -0.2) is 59.4 Å². The number of ether oxygens (including phenoxy) is 2. The Hall–Kier alpha value is -4.19. The van der Waals surface area contributed by atoms with E-state index in [4.69, 9.17) is 37.8 Å². The number of hydrogen-bond donors (Lipinski definition) is 5. The number of rotatable bonds is 15. The Bertz CT molecular complexity index is 1850. The summed E-state index contributed by atoms with van der Waals surface area (Å²) in [6.07, 6.45) is 1.35. The number of pyridine rings is 1. The molecule has 262 valence electrons. The van der Waals surface area contributed by atoms with Gasteiger partial charge in [0.25, 0.3) is 0 Å². The van der Waals surface area contributed by atoms with Gasteiger partial charge < -0.3 is 35.6 Å². The van der Waals surface area contributed by atoms with E-state index in [2.05, 4.69) is 57.3 Å². The minimum atomic E-state index is -1.07. The van der Waals surface area contributed by atoms with Crippen LogP contribution in [0.5, 0.6) is 11.8 Å². The number of carbonyl (C=O) groups excluding carboxylic acids is 1. The van der Waals surface area contributed by atoms with E-state index >= 15 is 0 Å². The summed E-state index contributed by atoms with van der Waals surface area (Å²) in [7, 11) is 1.50. The molecule has 12 heteroatoms. The number of carboxylic acid groups (broad SMARTS) is 1. The van der Waals surface area contributed by atoms with Crippen molar-refractivity contribution in [3.05, 3.63) is 99.0 Å². The van der Waals surface area contributed by atoms with Crippen molar-refractivity contribution in [1.82, 2.24) is 20.9 Å². The second-order valence-electron chi connectivity index (χ2n) is 12.6. The minimum absolute atomic E-state index is 0.0908. The van der Waals surface area contributed by atoms with Crippen molar-refractivity contribution in [2.45, 2.75) is 63.4 Å². The molecule has 1 amide bonds. The Morgan fingerprint density at radius 2 is 1.74 bits per heavy atom. The maximum atomic E-state index is 11.5. The number of nitrogens with one attached hydrogen (secondary N) is 3. The van der Waals surface area contributed by atoms with Crippen molar-refractivity contribution in [2.24, 2.45) is 0 Å². The number of aliphatic hydroxyl groups is 1. The van der Waals surface area contributed by atoms with Gasteiger partial charge in [-0.2, -0.15) is 4.98 Å². The number of benzene rings is 3. The monoisotopic (exact) mass is 718 g/mol. The molecule has 1 aromatic heterocycles. The highest BCUT2D eigenvalue weighted by atomic mass is 35.5. The molecule has 2 aliphatic rings. The summed E-state index contributed by atoms with van der Waals surface area (Å²) in [4.78, 5) is 26.8. The molecule has 0 unspecified atom stereocenters. The van der Waals surface area contributed by atoms with Gasteiger partial charge in [-0.05, 0) is 53.1 Å². The third-order valence-corrected chi connectivity index (χ3v) is 9.79. The number of carbonyl (C=O) groups is 2. The zero-order valence-corrected chi connectivity index (χ0v) is 29.2. The van der Waals surface area contributed by atoms with E-state index in [9.17, 15) is 14.7 Å². The van der Waals surface area contributed by atoms with Crippen molar-refractivity contribution in [3.8, 4) is 34.0 Å². The highest BCUT2D eigenvalue weighted by Crippen LogP contribution is 2.44. The first-order valence-electron chi connectivity index (χ1n) is 16.7. The Labute approximate surface area is 301 Å². The molecule has 1 fully saturated rings.